The van der Waals surface area contributed by atoms with Gasteiger partial charge in [-0.3, -0.25) is 0 Å². The van der Waals surface area contributed by atoms with Crippen molar-refractivity contribution in [3.05, 3.63) is 0 Å². The van der Waals surface area contributed by atoms with Crippen LogP contribution in [0.15, 0.2) is 0 Å². The molecule has 0 aromatic heterocycles. The summed E-state index contributed by atoms with van der Waals surface area (Å²) in [5, 5.41) is 0. The van der Waals surface area contributed by atoms with E-state index < -0.39 is 15.5 Å². The molecule has 0 atom stereocenters. The number of rotatable bonds is 0. The average Bonchev–Trinajstić information content (AvgIpc) is 0.722. The van der Waals surface area contributed by atoms with Crippen LogP contribution in [0.2, 0.25) is 0 Å². The van der Waals surface area contributed by atoms with Crippen LogP contribution in [0.3, 0.4) is 0 Å². The van der Waals surface area contributed by atoms with Gasteiger partial charge in [-0.05, 0) is 0 Å². The van der Waals surface area contributed by atoms with Crippen LogP contribution in [0.4, 0.5) is 0 Å². The fourth-order valence-electron chi connectivity index (χ4n) is 0. The Bertz CT molecular complexity index is 125. The summed E-state index contributed by atoms with van der Waals surface area (Å²) >= 11 is -5.69. The first kappa shape index (κ1) is 5.01. The first-order valence-corrected chi connectivity index (χ1v) is 3.74. The summed E-state index contributed by atoms with van der Waals surface area (Å²) in [6, 6.07) is 0. The topological polar surface area (TPSA) is 71.4 Å². The molecule has 0 fully saturated rings. The minimum absolute atomic E-state index is 5.69. The molecule has 0 bridgehead atoms. The zero-order chi connectivity index (χ0) is 4.50. The summed E-state index contributed by atoms with van der Waals surface area (Å²) in [6.45, 7) is 0. The quantitative estimate of drug-likeness (QED) is 0.502. The van der Waals surface area contributed by atoms with E-state index >= 15 is 0 Å². The molecule has 0 amide bonds. The van der Waals surface area contributed by atoms with E-state index in [9.17, 15) is 0 Å². The van der Waals surface area contributed by atoms with Gasteiger partial charge in [0, 0.05) is 0 Å². The molecule has 1 N–H and O–H groups in total. The zero-order valence-electron chi connectivity index (χ0n) is 2.05. The summed E-state index contributed by atoms with van der Waals surface area (Å²) in [5.41, 5.74) is 0. The third-order valence-corrected chi connectivity index (χ3v) is 0. The van der Waals surface area contributed by atoms with Gasteiger partial charge in [-0.1, -0.05) is 0 Å². The van der Waals surface area contributed by atoms with Crippen molar-refractivity contribution in [1.29, 1.82) is 0 Å². The molecule has 0 aromatic rings. The third kappa shape index (κ3) is 185000. The Balaban J connectivity index is 4.87. The predicted octanol–water partition coefficient (Wildman–Crippen LogP) is -0.916. The molecule has 0 rings (SSSR count). The molecule has 5 heavy (non-hydrogen) atoms. The molecule has 5 heteroatoms. The summed E-state index contributed by atoms with van der Waals surface area (Å²) in [4.78, 5) is 0. The van der Waals surface area contributed by atoms with Gasteiger partial charge in [0.05, 0.1) is 0 Å². The van der Waals surface area contributed by atoms with Gasteiger partial charge in [0.1, 0.15) is 0 Å². The molecular formula is HO4Tc. The van der Waals surface area contributed by atoms with Crippen molar-refractivity contribution in [3.63, 3.8) is 0 Å². The van der Waals surface area contributed by atoms with Crippen LogP contribution in [0.1, 0.15) is 0 Å². The van der Waals surface area contributed by atoms with E-state index in [1.165, 1.54) is 0 Å². The molecule has 0 heterocycles. The Kier molecular flexibility index (Phi) is 1.01. The first-order valence-electron chi connectivity index (χ1n) is 0.632. The van der Waals surface area contributed by atoms with Crippen molar-refractivity contribution in [2.24, 2.45) is 0 Å². The first-order chi connectivity index (χ1) is 2.00. The van der Waals surface area contributed by atoms with Crippen LogP contribution in [0.25, 0.3) is 0 Å². The molecule has 4 nitrogen and oxygen atoms in total. The fraction of sp³-hybridized carbons (Fsp3) is 0. The summed E-state index contributed by atoms with van der Waals surface area (Å²) in [6.07, 6.45) is 0. The van der Waals surface area contributed by atoms with E-state index in [1.54, 1.807) is 0 Å². The van der Waals surface area contributed by atoms with Gasteiger partial charge in [0.15, 0.2) is 0 Å². The van der Waals surface area contributed by atoms with Crippen LogP contribution in [-0.2, 0) is 26.0 Å². The zero-order valence-corrected chi connectivity index (χ0v) is 3.91. The van der Waals surface area contributed by atoms with E-state index in [0.29, 0.717) is 0 Å². The molecule has 0 aliphatic rings. The minimum atomic E-state index is -5.69. The molecular weight excluding hydrogens is 163 g/mol. The molecule has 0 aliphatic heterocycles. The van der Waals surface area contributed by atoms with Gasteiger partial charge < -0.3 is 0 Å². The molecule has 0 saturated carbocycles. The van der Waals surface area contributed by atoms with Crippen LogP contribution < -0.4 is 0 Å². The van der Waals surface area contributed by atoms with Gasteiger partial charge in [-0.25, -0.2) is 0 Å². The van der Waals surface area contributed by atoms with Crippen molar-refractivity contribution < 1.29 is 29.9 Å². The van der Waals surface area contributed by atoms with Crippen LogP contribution in [0, 0.1) is 0 Å². The third-order valence-electron chi connectivity index (χ3n) is 0. The van der Waals surface area contributed by atoms with Crippen LogP contribution >= 0.6 is 0 Å². The second kappa shape index (κ2) is 1.01. The second-order valence-electron chi connectivity index (χ2n) is 0.396. The molecule has 0 aromatic carbocycles. The standard InChI is InChI=1S/H2O.3O.Tc/h1H2;;;;/q;;;;+1/p-1/i;;;;1+1. The second-order valence-corrected chi connectivity index (χ2v) is 2.34. The Morgan fingerprint density at radius 3 is 1.20 bits per heavy atom. The molecule has 0 aliphatic carbocycles. The van der Waals surface area contributed by atoms with Crippen molar-refractivity contribution in [2.75, 3.05) is 0 Å². The van der Waals surface area contributed by atoms with E-state index in [0.717, 1.165) is 0 Å². The SMILES string of the molecule is [O]=[99Tc](=[O])(=[O])[OH]. The molecule has 0 radical (unpaired) electrons. The van der Waals surface area contributed by atoms with Crippen molar-refractivity contribution >= 4 is 0 Å². The Labute approximate surface area is 30.7 Å². The fourth-order valence-corrected chi connectivity index (χ4v) is 0. The molecule has 0 saturated heterocycles. The van der Waals surface area contributed by atoms with Gasteiger partial charge in [-0.15, -0.1) is 0 Å². The summed E-state index contributed by atoms with van der Waals surface area (Å²) < 4.78 is 33.2. The Hall–Kier alpha value is 0.00935. The summed E-state index contributed by atoms with van der Waals surface area (Å²) in [7, 11) is 0. The summed E-state index contributed by atoms with van der Waals surface area (Å²) in [5.74, 6) is 0. The molecule has 0 unspecified atom stereocenters. The van der Waals surface area contributed by atoms with Gasteiger partial charge in [0.25, 0.3) is 0 Å². The van der Waals surface area contributed by atoms with Crippen molar-refractivity contribution in [1.82, 2.24) is 0 Å². The van der Waals surface area contributed by atoms with E-state index in [4.69, 9.17) is 14.4 Å². The van der Waals surface area contributed by atoms with E-state index in [2.05, 4.69) is 0 Å². The molecule has 32 valence electrons. The van der Waals surface area contributed by atoms with Gasteiger partial charge >= 0.3 is 29.9 Å². The van der Waals surface area contributed by atoms with Crippen molar-refractivity contribution in [3.8, 4) is 0 Å². The predicted molar refractivity (Wildman–Crippen MR) is 4.28 cm³/mol. The van der Waals surface area contributed by atoms with E-state index in [-0.39, 0.29) is 0 Å². The molecule has 0 spiro atoms. The number of hydrogen-bond acceptors (Lipinski definition) is 3. The maximum atomic E-state index is 8.73. The Morgan fingerprint density at radius 2 is 1.20 bits per heavy atom. The van der Waals surface area contributed by atoms with Gasteiger partial charge in [0.2, 0.25) is 0 Å². The van der Waals surface area contributed by atoms with Crippen molar-refractivity contribution in [2.45, 2.75) is 0 Å². The van der Waals surface area contributed by atoms with E-state index in [1.807, 2.05) is 0 Å². The monoisotopic (exact) mass is 164 g/mol. The van der Waals surface area contributed by atoms with Crippen LogP contribution in [-0.4, -0.2) is 3.86 Å². The van der Waals surface area contributed by atoms with Crippen LogP contribution in [0.5, 0.6) is 0 Å². The average molecular weight is 164 g/mol. The normalized spacial score (nSPS) is 11.4. The van der Waals surface area contributed by atoms with Gasteiger partial charge in [-0.2, -0.15) is 0 Å². The Morgan fingerprint density at radius 1 is 1.20 bits per heavy atom. The maximum absolute atomic E-state index is 8.73. The number of hydrogen-bond donors (Lipinski definition) is 1.